The smallest absolute Gasteiger partial charge is 0.309 e. The fraction of sp³-hybridized carbons (Fsp3) is 0.961. The first-order valence-electron chi connectivity index (χ1n) is 25.6. The molecule has 0 fully saturated rings. The highest BCUT2D eigenvalue weighted by molar-refractivity contribution is 7.93. The molecule has 2 unspecified atom stereocenters. The molecule has 0 spiro atoms. The van der Waals surface area contributed by atoms with Crippen LogP contribution in [0.15, 0.2) is 0 Å². The monoisotopic (exact) mass is 824 g/mol. The molecule has 0 heterocycles. The first kappa shape index (κ1) is 56.2. The number of unbranched alkanes of at least 4 members (excludes halogenated alkanes) is 27. The molecule has 57 heavy (non-hydrogen) atoms. The molecule has 5 nitrogen and oxygen atoms in total. The second-order valence-electron chi connectivity index (χ2n) is 17.8. The molecular formula is C51H99O5S-. The van der Waals surface area contributed by atoms with E-state index in [4.69, 9.17) is 9.47 Å². The fourth-order valence-electron chi connectivity index (χ4n) is 8.39. The predicted octanol–water partition coefficient (Wildman–Crippen LogP) is 17.2. The van der Waals surface area contributed by atoms with Crippen LogP contribution in [0.1, 0.15) is 285 Å². The van der Waals surface area contributed by atoms with E-state index in [1.54, 1.807) is 0 Å². The van der Waals surface area contributed by atoms with Crippen molar-refractivity contribution in [3.05, 3.63) is 0 Å². The Kier molecular flexibility index (Phi) is 44.2. The van der Waals surface area contributed by atoms with Crippen molar-refractivity contribution in [2.45, 2.75) is 297 Å². The van der Waals surface area contributed by atoms with Crippen molar-refractivity contribution in [2.24, 2.45) is 11.8 Å². The maximum atomic E-state index is 14.3. The number of ether oxygens (including phenoxy) is 2. The zero-order valence-corrected chi connectivity index (χ0v) is 39.9. The highest BCUT2D eigenvalue weighted by atomic mass is 32.2. The van der Waals surface area contributed by atoms with Gasteiger partial charge in [0.05, 0.1) is 11.8 Å². The average molecular weight is 824 g/mol. The number of esters is 2. The van der Waals surface area contributed by atoms with Crippen LogP contribution < -0.4 is 0 Å². The molecule has 4 atom stereocenters. The molecule has 0 aromatic carbocycles. The maximum absolute atomic E-state index is 14.3. The van der Waals surface area contributed by atoms with E-state index in [9.17, 15) is 14.1 Å². The topological polar surface area (TPSA) is 75.7 Å². The molecular weight excluding hydrogens is 725 g/mol. The summed E-state index contributed by atoms with van der Waals surface area (Å²) in [6.07, 6.45) is 43.3. The SMILES string of the molecule is CCCCCCCCC(CCCCCC)C(=O)O[C@@H](CCCCCCCC)[C@@H](CCCCCCCCCS[O-])OC(=O)C(CCCCCC)CCCCCCCC. The molecule has 340 valence electrons. The van der Waals surface area contributed by atoms with Gasteiger partial charge < -0.3 is 14.0 Å². The first-order valence-corrected chi connectivity index (χ1v) is 26.5. The lowest BCUT2D eigenvalue weighted by molar-refractivity contribution is -0.175. The van der Waals surface area contributed by atoms with Crippen LogP contribution >= 0.6 is 12.0 Å². The average Bonchev–Trinajstić information content (AvgIpc) is 3.21. The third-order valence-electron chi connectivity index (χ3n) is 12.3. The van der Waals surface area contributed by atoms with Gasteiger partial charge in [0.25, 0.3) is 0 Å². The Morgan fingerprint density at radius 1 is 0.351 bits per heavy atom. The third kappa shape index (κ3) is 35.7. The molecule has 0 aliphatic rings. The minimum atomic E-state index is -0.372. The number of hydrogen-bond donors (Lipinski definition) is 0. The third-order valence-corrected chi connectivity index (χ3v) is 12.8. The summed E-state index contributed by atoms with van der Waals surface area (Å²) in [6.45, 7) is 11.3. The van der Waals surface area contributed by atoms with Gasteiger partial charge in [-0.05, 0) is 63.5 Å². The van der Waals surface area contributed by atoms with Gasteiger partial charge in [-0.15, -0.1) is 0 Å². The van der Waals surface area contributed by atoms with Crippen molar-refractivity contribution < 1.29 is 23.6 Å². The zero-order valence-electron chi connectivity index (χ0n) is 39.0. The lowest BCUT2D eigenvalue weighted by Gasteiger charge is -2.30. The number of hydrogen-bond acceptors (Lipinski definition) is 6. The second kappa shape index (κ2) is 44.8. The first-order chi connectivity index (χ1) is 28.0. The normalized spacial score (nSPS) is 13.7. The summed E-state index contributed by atoms with van der Waals surface area (Å²) in [5, 5.41) is 0. The molecule has 0 N–H and O–H groups in total. The molecule has 0 saturated heterocycles. The summed E-state index contributed by atoms with van der Waals surface area (Å²) < 4.78 is 24.1. The van der Waals surface area contributed by atoms with Gasteiger partial charge in [-0.1, -0.05) is 227 Å². The van der Waals surface area contributed by atoms with Crippen LogP contribution in [0.5, 0.6) is 0 Å². The molecule has 6 heteroatoms. The maximum Gasteiger partial charge on any atom is 0.309 e. The molecule has 0 radical (unpaired) electrons. The minimum Gasteiger partial charge on any atom is -0.799 e. The Hall–Kier alpha value is -0.750. The van der Waals surface area contributed by atoms with Crippen molar-refractivity contribution in [1.29, 1.82) is 0 Å². The van der Waals surface area contributed by atoms with Gasteiger partial charge in [-0.3, -0.25) is 21.6 Å². The Morgan fingerprint density at radius 3 is 0.860 bits per heavy atom. The number of carbonyl (C=O) groups excluding carboxylic acids is 2. The Bertz CT molecular complexity index is 836. The van der Waals surface area contributed by atoms with Crippen molar-refractivity contribution in [1.82, 2.24) is 0 Å². The van der Waals surface area contributed by atoms with Gasteiger partial charge in [0.15, 0.2) is 0 Å². The van der Waals surface area contributed by atoms with E-state index in [1.807, 2.05) is 0 Å². The Balaban J connectivity index is 6.15. The standard InChI is InChI=1S/C51H100O5S/c1-6-11-16-21-27-34-41-46(39-32-19-14-9-4)50(52)55-48(43-36-29-23-18-13-8-3)49(44-37-30-25-24-26-31-38-45-57-54)56-51(53)47(40-33-20-15-10-5)42-35-28-22-17-12-7-2/h46-49,54H,6-45H2,1-5H3/p-1/t46?,47?,48-,49+/m0/s1. The van der Waals surface area contributed by atoms with Crippen molar-refractivity contribution in [3.8, 4) is 0 Å². The quantitative estimate of drug-likeness (QED) is 0.0346. The van der Waals surface area contributed by atoms with E-state index >= 15 is 0 Å². The van der Waals surface area contributed by atoms with Gasteiger partial charge in [0, 0.05) is 0 Å². The van der Waals surface area contributed by atoms with E-state index in [2.05, 4.69) is 34.6 Å². The van der Waals surface area contributed by atoms with Gasteiger partial charge in [-0.25, -0.2) is 0 Å². The Labute approximate surface area is 361 Å². The molecule has 0 aliphatic carbocycles. The summed E-state index contributed by atoms with van der Waals surface area (Å²) in [7, 11) is 0. The summed E-state index contributed by atoms with van der Waals surface area (Å²) in [5.41, 5.74) is 0. The lowest BCUT2D eigenvalue weighted by atomic mass is 9.93. The predicted molar refractivity (Wildman–Crippen MR) is 248 cm³/mol. The van der Waals surface area contributed by atoms with Crippen LogP contribution in [-0.4, -0.2) is 34.5 Å². The summed E-state index contributed by atoms with van der Waals surface area (Å²) in [6, 6.07) is 0. The van der Waals surface area contributed by atoms with E-state index < -0.39 is 0 Å². The molecule has 0 aromatic heterocycles. The molecule has 0 aromatic rings. The van der Waals surface area contributed by atoms with E-state index in [-0.39, 0.29) is 36.0 Å². The van der Waals surface area contributed by atoms with Gasteiger partial charge in [0.2, 0.25) is 0 Å². The van der Waals surface area contributed by atoms with Gasteiger partial charge in [-0.2, -0.15) is 0 Å². The lowest BCUT2D eigenvalue weighted by Crippen LogP contribution is -2.38. The van der Waals surface area contributed by atoms with Crippen molar-refractivity contribution >= 4 is 24.0 Å². The summed E-state index contributed by atoms with van der Waals surface area (Å²) in [5.74, 6) is 0.524. The highest BCUT2D eigenvalue weighted by Crippen LogP contribution is 2.28. The summed E-state index contributed by atoms with van der Waals surface area (Å²) >= 11 is 0.701. The minimum absolute atomic E-state index is 0.0310. The number of carbonyl (C=O) groups is 2. The molecule has 0 rings (SSSR count). The van der Waals surface area contributed by atoms with Crippen LogP contribution in [0.2, 0.25) is 0 Å². The van der Waals surface area contributed by atoms with Crippen LogP contribution in [0.25, 0.3) is 0 Å². The van der Waals surface area contributed by atoms with E-state index in [0.717, 1.165) is 109 Å². The Morgan fingerprint density at radius 2 is 0.579 bits per heavy atom. The highest BCUT2D eigenvalue weighted by Gasteiger charge is 2.33. The van der Waals surface area contributed by atoms with Gasteiger partial charge in [0.1, 0.15) is 12.2 Å². The van der Waals surface area contributed by atoms with Crippen LogP contribution in [0.3, 0.4) is 0 Å². The second-order valence-corrected chi connectivity index (χ2v) is 18.4. The molecule has 0 aliphatic heterocycles. The van der Waals surface area contributed by atoms with Gasteiger partial charge >= 0.3 is 11.9 Å². The van der Waals surface area contributed by atoms with E-state index in [0.29, 0.717) is 17.8 Å². The fourth-order valence-corrected chi connectivity index (χ4v) is 8.71. The summed E-state index contributed by atoms with van der Waals surface area (Å²) in [4.78, 5) is 28.6. The molecule has 0 saturated carbocycles. The molecule has 0 bridgehead atoms. The largest absolute Gasteiger partial charge is 0.799 e. The van der Waals surface area contributed by atoms with Crippen LogP contribution in [0.4, 0.5) is 0 Å². The van der Waals surface area contributed by atoms with E-state index in [1.165, 1.54) is 141 Å². The van der Waals surface area contributed by atoms with Crippen molar-refractivity contribution in [3.63, 3.8) is 0 Å². The molecule has 0 amide bonds. The zero-order chi connectivity index (χ0) is 41.9. The van der Waals surface area contributed by atoms with Crippen LogP contribution in [-0.2, 0) is 19.1 Å². The van der Waals surface area contributed by atoms with Crippen LogP contribution in [0, 0.1) is 11.8 Å². The number of rotatable bonds is 46. The van der Waals surface area contributed by atoms with Crippen molar-refractivity contribution in [2.75, 3.05) is 5.75 Å².